The topological polar surface area (TPSA) is 9.23 Å². The van der Waals surface area contributed by atoms with E-state index in [1.54, 1.807) is 0 Å². The third kappa shape index (κ3) is 7.16. The Kier molecular flexibility index (Phi) is 7.24. The van der Waals surface area contributed by atoms with E-state index in [4.69, 9.17) is 3.79 Å². The highest BCUT2D eigenvalue weighted by molar-refractivity contribution is 5.98. The lowest BCUT2D eigenvalue weighted by Crippen LogP contribution is -2.15. The van der Waals surface area contributed by atoms with Gasteiger partial charge in [-0.3, -0.25) is 0 Å². The predicted octanol–water partition coefficient (Wildman–Crippen LogP) is 2.40. The van der Waals surface area contributed by atoms with Crippen LogP contribution < -0.4 is 0 Å². The molecule has 1 unspecified atom stereocenters. The quantitative estimate of drug-likeness (QED) is 0.579. The van der Waals surface area contributed by atoms with Gasteiger partial charge in [0.2, 0.25) is 0 Å². The fourth-order valence-corrected chi connectivity index (χ4v) is 1.81. The van der Waals surface area contributed by atoms with Crippen LogP contribution >= 0.6 is 0 Å². The van der Waals surface area contributed by atoms with Crippen LogP contribution in [0, 0.1) is 11.8 Å². The van der Waals surface area contributed by atoms with Gasteiger partial charge in [-0.1, -0.05) is 27.7 Å². The van der Waals surface area contributed by atoms with Gasteiger partial charge in [0.1, 0.15) is 0 Å². The van der Waals surface area contributed by atoms with Crippen molar-refractivity contribution in [3.63, 3.8) is 0 Å². The average molecular weight is 186 g/mol. The van der Waals surface area contributed by atoms with E-state index in [0.717, 1.165) is 28.5 Å². The molecular weight excluding hydrogens is 163 g/mol. The molecule has 0 spiro atoms. The Bertz CT molecular complexity index is 102. The van der Waals surface area contributed by atoms with E-state index in [9.17, 15) is 0 Å². The monoisotopic (exact) mass is 186 g/mol. The molecular formula is C10H23AlO. The zero-order valence-corrected chi connectivity index (χ0v) is 11.3. The summed E-state index contributed by atoms with van der Waals surface area (Å²) in [6.07, 6.45) is 4.33. The van der Waals surface area contributed by atoms with Gasteiger partial charge in [0.05, 0.1) is 0 Å². The molecule has 0 N–H and O–H groups in total. The lowest BCUT2D eigenvalue weighted by molar-refractivity contribution is 0.172. The minimum Gasteiger partial charge on any atom is -0.504 e. The highest BCUT2D eigenvalue weighted by atomic mass is 27.1. The van der Waals surface area contributed by atoms with Crippen LogP contribution in [0.25, 0.3) is 0 Å². The van der Waals surface area contributed by atoms with E-state index in [1.807, 2.05) is 0 Å². The van der Waals surface area contributed by atoms with Gasteiger partial charge in [-0.2, -0.15) is 0 Å². The van der Waals surface area contributed by atoms with Crippen LogP contribution in [0.5, 0.6) is 0 Å². The van der Waals surface area contributed by atoms with Gasteiger partial charge in [-0.05, 0) is 31.1 Å². The van der Waals surface area contributed by atoms with Gasteiger partial charge >= 0.3 is 16.6 Å². The molecule has 0 aliphatic carbocycles. The van der Waals surface area contributed by atoms with E-state index >= 15 is 0 Å². The molecule has 12 heavy (non-hydrogen) atoms. The molecule has 0 amide bonds. The van der Waals surface area contributed by atoms with Crippen LogP contribution in [0.15, 0.2) is 0 Å². The Morgan fingerprint density at radius 2 is 1.58 bits per heavy atom. The van der Waals surface area contributed by atoms with Crippen LogP contribution in [-0.4, -0.2) is 22.7 Å². The molecule has 72 valence electrons. The lowest BCUT2D eigenvalue weighted by Gasteiger charge is -2.19. The lowest BCUT2D eigenvalue weighted by atomic mass is 9.99. The number of hydrogen-bond acceptors (Lipinski definition) is 1. The third-order valence-electron chi connectivity index (χ3n) is 2.13. The second-order valence-electron chi connectivity index (χ2n) is 4.46. The van der Waals surface area contributed by atoms with E-state index in [-0.39, 0.29) is 0 Å². The molecule has 0 bridgehead atoms. The molecule has 0 rings (SSSR count). The largest absolute Gasteiger partial charge is 0.504 e. The fourth-order valence-electron chi connectivity index (χ4n) is 1.38. The minimum atomic E-state index is 0.541. The zero-order chi connectivity index (χ0) is 9.56. The summed E-state index contributed by atoms with van der Waals surface area (Å²) < 4.78 is 5.55. The second kappa shape index (κ2) is 6.95. The summed E-state index contributed by atoms with van der Waals surface area (Å²) in [6.45, 7) is 9.09. The van der Waals surface area contributed by atoms with Crippen molar-refractivity contribution < 1.29 is 3.79 Å². The molecule has 0 saturated carbocycles. The average Bonchev–Trinajstić information content (AvgIpc) is 1.97. The van der Waals surface area contributed by atoms with E-state index < -0.39 is 0 Å². The summed E-state index contributed by atoms with van der Waals surface area (Å²) >= 11 is 0.888. The predicted molar refractivity (Wildman–Crippen MR) is 56.9 cm³/mol. The first-order valence-corrected chi connectivity index (χ1v) is 5.90. The van der Waals surface area contributed by atoms with Gasteiger partial charge < -0.3 is 3.79 Å². The maximum absolute atomic E-state index is 5.55. The summed E-state index contributed by atoms with van der Waals surface area (Å²) in [7, 11) is 0. The van der Waals surface area contributed by atoms with Crippen molar-refractivity contribution in [2.24, 2.45) is 11.8 Å². The van der Waals surface area contributed by atoms with Crippen molar-refractivity contribution >= 4 is 16.6 Å². The molecule has 0 aromatic rings. The normalized spacial score (nSPS) is 14.2. The van der Waals surface area contributed by atoms with Crippen molar-refractivity contribution in [1.82, 2.24) is 0 Å². The van der Waals surface area contributed by atoms with Gasteiger partial charge in [0, 0.05) is 6.10 Å². The molecule has 2 heteroatoms. The molecule has 1 atom stereocenters. The van der Waals surface area contributed by atoms with Crippen LogP contribution in [0.2, 0.25) is 0 Å². The Hall–Kier alpha value is 0.492. The van der Waals surface area contributed by atoms with E-state index in [1.165, 1.54) is 19.3 Å². The van der Waals surface area contributed by atoms with Crippen LogP contribution in [0.1, 0.15) is 47.0 Å². The van der Waals surface area contributed by atoms with Crippen LogP contribution in [0.3, 0.4) is 0 Å². The van der Waals surface area contributed by atoms with Gasteiger partial charge in [-0.25, -0.2) is 0 Å². The van der Waals surface area contributed by atoms with Gasteiger partial charge in [0.25, 0.3) is 0 Å². The second-order valence-corrected chi connectivity index (χ2v) is 4.93. The summed E-state index contributed by atoms with van der Waals surface area (Å²) in [4.78, 5) is 0. The van der Waals surface area contributed by atoms with Crippen molar-refractivity contribution in [3.05, 3.63) is 0 Å². The van der Waals surface area contributed by atoms with E-state index in [2.05, 4.69) is 27.7 Å². The molecule has 0 saturated heterocycles. The standard InChI is InChI=1S/C10H21O.Al.2H/c1-8(2)5-6-10(11)7-9(3)4;;;/h8-10H,5-7H2,1-4H3;;;/q-1;+1;;. The summed E-state index contributed by atoms with van der Waals surface area (Å²) in [5, 5.41) is 0. The number of hydrogen-bond donors (Lipinski definition) is 0. The Balaban J connectivity index is 3.53. The Labute approximate surface area is 85.6 Å². The third-order valence-corrected chi connectivity index (χ3v) is 2.80. The fraction of sp³-hybridized carbons (Fsp3) is 1.00. The van der Waals surface area contributed by atoms with Crippen LogP contribution in [-0.2, 0) is 3.79 Å². The maximum atomic E-state index is 5.55. The smallest absolute Gasteiger partial charge is 0.410 e. The summed E-state index contributed by atoms with van der Waals surface area (Å²) in [5.74, 6) is 1.59. The van der Waals surface area contributed by atoms with Gasteiger partial charge in [-0.15, -0.1) is 0 Å². The van der Waals surface area contributed by atoms with Crippen molar-refractivity contribution in [1.29, 1.82) is 0 Å². The highest BCUT2D eigenvalue weighted by Gasteiger charge is 2.08. The molecule has 0 aromatic carbocycles. The summed E-state index contributed by atoms with van der Waals surface area (Å²) in [5.41, 5.74) is 0. The van der Waals surface area contributed by atoms with Gasteiger partial charge in [0.15, 0.2) is 0 Å². The maximum Gasteiger partial charge on any atom is 0.410 e. The summed E-state index contributed by atoms with van der Waals surface area (Å²) in [6, 6.07) is 0. The molecule has 0 aromatic heterocycles. The first kappa shape index (κ1) is 12.5. The van der Waals surface area contributed by atoms with Crippen LogP contribution in [0.4, 0.5) is 0 Å². The number of rotatable bonds is 6. The Morgan fingerprint density at radius 3 is 1.92 bits per heavy atom. The highest BCUT2D eigenvalue weighted by Crippen LogP contribution is 2.15. The SMILES string of the molecule is CC(C)CCC(CC(C)C)[O][AlH2]. The molecule has 0 radical (unpaired) electrons. The van der Waals surface area contributed by atoms with Crippen molar-refractivity contribution in [3.8, 4) is 0 Å². The molecule has 0 fully saturated rings. The van der Waals surface area contributed by atoms with Crippen molar-refractivity contribution in [2.75, 3.05) is 0 Å². The Morgan fingerprint density at radius 1 is 1.00 bits per heavy atom. The molecule has 0 aliphatic rings. The van der Waals surface area contributed by atoms with E-state index in [0.29, 0.717) is 6.10 Å². The minimum absolute atomic E-state index is 0.541. The molecule has 1 nitrogen and oxygen atoms in total. The molecule has 0 aliphatic heterocycles. The first-order valence-electron chi connectivity index (χ1n) is 5.09. The van der Waals surface area contributed by atoms with Crippen molar-refractivity contribution in [2.45, 2.75) is 53.1 Å². The molecule has 0 heterocycles. The first-order chi connectivity index (χ1) is 5.56. The zero-order valence-electron chi connectivity index (χ0n) is 9.26.